The quantitative estimate of drug-likeness (QED) is 0.842. The Morgan fingerprint density at radius 1 is 1.20 bits per heavy atom. The van der Waals surface area contributed by atoms with Crippen molar-refractivity contribution in [2.24, 2.45) is 0 Å². The number of amides is 1. The minimum atomic E-state index is -0.278. The number of β-amino-alcohol motifs (C(OH)–C–C–N with tert-alkyl or cyclic N) is 1. The van der Waals surface area contributed by atoms with Crippen LogP contribution in [0.2, 0.25) is 0 Å². The Labute approximate surface area is 147 Å². The largest absolute Gasteiger partial charge is 0.392 e. The van der Waals surface area contributed by atoms with Crippen molar-refractivity contribution in [2.45, 2.75) is 26.0 Å². The normalized spacial score (nSPS) is 16.8. The zero-order valence-electron chi connectivity index (χ0n) is 14.6. The van der Waals surface area contributed by atoms with E-state index in [1.54, 1.807) is 11.0 Å². The molecule has 1 N–H and O–H groups in total. The van der Waals surface area contributed by atoms with Crippen LogP contribution < -0.4 is 0 Å². The first kappa shape index (κ1) is 17.6. The van der Waals surface area contributed by atoms with E-state index < -0.39 is 0 Å². The maximum atomic E-state index is 12.6. The molecule has 1 saturated heterocycles. The standard InChI is InChI=1S/C18H25N5O2/c1-2-17(24)12-21-7-9-22(10-8-21)18(25)16-5-3-15(4-6-16)11-23-14-19-13-20-23/h3-6,13-14,17,24H,2,7-12H2,1H3/t17-/m0/s1. The maximum absolute atomic E-state index is 12.6. The number of nitrogens with zero attached hydrogens (tertiary/aromatic N) is 5. The van der Waals surface area contributed by atoms with Gasteiger partial charge in [-0.25, -0.2) is 9.67 Å². The van der Waals surface area contributed by atoms with Crippen LogP contribution in [0.1, 0.15) is 29.3 Å². The first-order valence-corrected chi connectivity index (χ1v) is 8.76. The van der Waals surface area contributed by atoms with E-state index in [1.165, 1.54) is 6.33 Å². The zero-order chi connectivity index (χ0) is 17.6. The van der Waals surface area contributed by atoms with Gasteiger partial charge in [0.1, 0.15) is 12.7 Å². The molecule has 25 heavy (non-hydrogen) atoms. The highest BCUT2D eigenvalue weighted by Crippen LogP contribution is 2.12. The van der Waals surface area contributed by atoms with Crippen molar-refractivity contribution in [3.63, 3.8) is 0 Å². The summed E-state index contributed by atoms with van der Waals surface area (Å²) in [6, 6.07) is 7.68. The summed E-state index contributed by atoms with van der Waals surface area (Å²) < 4.78 is 1.75. The summed E-state index contributed by atoms with van der Waals surface area (Å²) in [4.78, 5) is 20.7. The summed E-state index contributed by atoms with van der Waals surface area (Å²) in [7, 11) is 0. The van der Waals surface area contributed by atoms with E-state index in [9.17, 15) is 9.90 Å². The van der Waals surface area contributed by atoms with Gasteiger partial charge in [-0.3, -0.25) is 9.69 Å². The lowest BCUT2D eigenvalue weighted by atomic mass is 10.1. The lowest BCUT2D eigenvalue weighted by Gasteiger charge is -2.35. The molecule has 0 saturated carbocycles. The van der Waals surface area contributed by atoms with Gasteiger partial charge in [-0.1, -0.05) is 19.1 Å². The number of piperazine rings is 1. The highest BCUT2D eigenvalue weighted by molar-refractivity contribution is 5.94. The fourth-order valence-electron chi connectivity index (χ4n) is 3.00. The van der Waals surface area contributed by atoms with Crippen molar-refractivity contribution >= 4 is 5.91 Å². The number of hydrogen-bond donors (Lipinski definition) is 1. The SMILES string of the molecule is CC[C@H](O)CN1CCN(C(=O)c2ccc(Cn3cncn3)cc2)CC1. The molecule has 0 bridgehead atoms. The Morgan fingerprint density at radius 3 is 2.52 bits per heavy atom. The van der Waals surface area contributed by atoms with Gasteiger partial charge < -0.3 is 10.0 Å². The highest BCUT2D eigenvalue weighted by Gasteiger charge is 2.23. The van der Waals surface area contributed by atoms with E-state index in [1.807, 2.05) is 36.1 Å². The number of aliphatic hydroxyl groups excluding tert-OH is 1. The maximum Gasteiger partial charge on any atom is 0.253 e. The van der Waals surface area contributed by atoms with Crippen LogP contribution in [0.15, 0.2) is 36.9 Å². The van der Waals surface area contributed by atoms with Crippen molar-refractivity contribution in [1.29, 1.82) is 0 Å². The second-order valence-electron chi connectivity index (χ2n) is 6.44. The van der Waals surface area contributed by atoms with E-state index in [0.717, 1.165) is 25.1 Å². The fraction of sp³-hybridized carbons (Fsp3) is 0.500. The molecule has 0 radical (unpaired) electrons. The lowest BCUT2D eigenvalue weighted by Crippen LogP contribution is -2.50. The molecule has 0 unspecified atom stereocenters. The smallest absolute Gasteiger partial charge is 0.253 e. The topological polar surface area (TPSA) is 74.5 Å². The van der Waals surface area contributed by atoms with Crippen molar-refractivity contribution in [2.75, 3.05) is 32.7 Å². The van der Waals surface area contributed by atoms with Gasteiger partial charge in [0.15, 0.2) is 0 Å². The molecule has 1 aliphatic heterocycles. The van der Waals surface area contributed by atoms with E-state index in [0.29, 0.717) is 31.7 Å². The minimum absolute atomic E-state index is 0.0722. The molecule has 0 aliphatic carbocycles. The molecule has 1 aliphatic rings. The number of aliphatic hydroxyl groups is 1. The van der Waals surface area contributed by atoms with Crippen molar-refractivity contribution in [1.82, 2.24) is 24.6 Å². The Bertz CT molecular complexity index is 663. The zero-order valence-corrected chi connectivity index (χ0v) is 14.6. The summed E-state index contributed by atoms with van der Waals surface area (Å²) >= 11 is 0. The van der Waals surface area contributed by atoms with Crippen LogP contribution in [0.3, 0.4) is 0 Å². The van der Waals surface area contributed by atoms with Crippen LogP contribution in [-0.2, 0) is 6.54 Å². The number of aromatic nitrogens is 3. The van der Waals surface area contributed by atoms with E-state index >= 15 is 0 Å². The molecular formula is C18H25N5O2. The Kier molecular flexibility index (Phi) is 5.78. The van der Waals surface area contributed by atoms with Gasteiger partial charge in [-0.2, -0.15) is 5.10 Å². The molecule has 2 heterocycles. The molecule has 3 rings (SSSR count). The lowest BCUT2D eigenvalue weighted by molar-refractivity contribution is 0.0524. The van der Waals surface area contributed by atoms with Crippen LogP contribution in [0.4, 0.5) is 0 Å². The van der Waals surface area contributed by atoms with Crippen LogP contribution >= 0.6 is 0 Å². The second-order valence-corrected chi connectivity index (χ2v) is 6.44. The van der Waals surface area contributed by atoms with Gasteiger partial charge in [0.2, 0.25) is 0 Å². The number of hydrogen-bond acceptors (Lipinski definition) is 5. The summed E-state index contributed by atoms with van der Waals surface area (Å²) in [6.07, 6.45) is 3.67. The number of carbonyl (C=O) groups is 1. The molecule has 7 nitrogen and oxygen atoms in total. The first-order valence-electron chi connectivity index (χ1n) is 8.76. The van der Waals surface area contributed by atoms with E-state index in [-0.39, 0.29) is 12.0 Å². The second kappa shape index (κ2) is 8.22. The third-order valence-electron chi connectivity index (χ3n) is 4.61. The average molecular weight is 343 g/mol. The van der Waals surface area contributed by atoms with Gasteiger partial charge in [0.25, 0.3) is 5.91 Å². The van der Waals surface area contributed by atoms with Gasteiger partial charge in [-0.05, 0) is 24.1 Å². The van der Waals surface area contributed by atoms with Gasteiger partial charge in [-0.15, -0.1) is 0 Å². The molecule has 1 aromatic carbocycles. The van der Waals surface area contributed by atoms with E-state index in [2.05, 4.69) is 15.0 Å². The Balaban J connectivity index is 1.53. The Hall–Kier alpha value is -2.25. The molecular weight excluding hydrogens is 318 g/mol. The number of benzene rings is 1. The molecule has 2 aromatic rings. The molecule has 1 fully saturated rings. The molecule has 1 aromatic heterocycles. The van der Waals surface area contributed by atoms with E-state index in [4.69, 9.17) is 0 Å². The van der Waals surface area contributed by atoms with Crippen LogP contribution in [0.5, 0.6) is 0 Å². The van der Waals surface area contributed by atoms with Gasteiger partial charge in [0.05, 0.1) is 12.6 Å². The van der Waals surface area contributed by atoms with Crippen molar-refractivity contribution in [3.8, 4) is 0 Å². The third-order valence-corrected chi connectivity index (χ3v) is 4.61. The predicted molar refractivity (Wildman–Crippen MR) is 94.2 cm³/mol. The monoisotopic (exact) mass is 343 g/mol. The summed E-state index contributed by atoms with van der Waals surface area (Å²) in [5, 5.41) is 13.8. The molecule has 0 spiro atoms. The van der Waals surface area contributed by atoms with Gasteiger partial charge in [0, 0.05) is 38.3 Å². The summed E-state index contributed by atoms with van der Waals surface area (Å²) in [5.41, 5.74) is 1.80. The number of carbonyl (C=O) groups excluding carboxylic acids is 1. The van der Waals surface area contributed by atoms with Crippen LogP contribution in [0.25, 0.3) is 0 Å². The fourth-order valence-corrected chi connectivity index (χ4v) is 3.00. The molecule has 7 heteroatoms. The van der Waals surface area contributed by atoms with Crippen LogP contribution in [-0.4, -0.2) is 74.4 Å². The summed E-state index contributed by atoms with van der Waals surface area (Å²) in [5.74, 6) is 0.0722. The number of rotatable bonds is 6. The molecule has 1 atom stereocenters. The molecule has 134 valence electrons. The third kappa shape index (κ3) is 4.64. The van der Waals surface area contributed by atoms with Crippen molar-refractivity contribution in [3.05, 3.63) is 48.0 Å². The highest BCUT2D eigenvalue weighted by atomic mass is 16.3. The van der Waals surface area contributed by atoms with Crippen LogP contribution in [0, 0.1) is 0 Å². The van der Waals surface area contributed by atoms with Gasteiger partial charge >= 0.3 is 0 Å². The molecule has 1 amide bonds. The average Bonchev–Trinajstić information content (AvgIpc) is 3.15. The van der Waals surface area contributed by atoms with Crippen molar-refractivity contribution < 1.29 is 9.90 Å². The summed E-state index contributed by atoms with van der Waals surface area (Å²) in [6.45, 7) is 6.35. The Morgan fingerprint density at radius 2 is 1.92 bits per heavy atom. The minimum Gasteiger partial charge on any atom is -0.392 e. The predicted octanol–water partition coefficient (Wildman–Crippen LogP) is 0.855. The first-order chi connectivity index (χ1) is 12.2.